The Morgan fingerprint density at radius 2 is 1.96 bits per heavy atom. The van der Waals surface area contributed by atoms with Crippen LogP contribution in [-0.2, 0) is 0 Å². The van der Waals surface area contributed by atoms with Crippen LogP contribution < -0.4 is 4.74 Å². The van der Waals surface area contributed by atoms with Crippen LogP contribution in [0, 0.1) is 5.82 Å². The fraction of sp³-hybridized carbons (Fsp3) is 0.0625. The van der Waals surface area contributed by atoms with E-state index in [0.717, 1.165) is 0 Å². The highest BCUT2D eigenvalue weighted by molar-refractivity contribution is 6.30. The van der Waals surface area contributed by atoms with Gasteiger partial charge < -0.3 is 9.84 Å². The molecule has 0 unspecified atom stereocenters. The number of aromatic carboxylic acids is 1. The lowest BCUT2D eigenvalue weighted by Crippen LogP contribution is -2.04. The van der Waals surface area contributed by atoms with Gasteiger partial charge >= 0.3 is 5.97 Å². The lowest BCUT2D eigenvalue weighted by atomic mass is 10.1. The maximum Gasteiger partial charge on any atom is 0.358 e. The van der Waals surface area contributed by atoms with Gasteiger partial charge in [0.2, 0.25) is 0 Å². The van der Waals surface area contributed by atoms with Crippen molar-refractivity contribution < 1.29 is 19.0 Å². The molecule has 3 aromatic rings. The van der Waals surface area contributed by atoms with Crippen LogP contribution in [0.3, 0.4) is 0 Å². The van der Waals surface area contributed by atoms with Crippen molar-refractivity contribution in [1.29, 1.82) is 0 Å². The van der Waals surface area contributed by atoms with Crippen molar-refractivity contribution in [3.63, 3.8) is 0 Å². The molecule has 24 heavy (non-hydrogen) atoms. The molecule has 6 nitrogen and oxygen atoms in total. The van der Waals surface area contributed by atoms with Gasteiger partial charge in [-0.15, -0.1) is 5.10 Å². The molecular weight excluding hydrogens is 337 g/mol. The van der Waals surface area contributed by atoms with Crippen LogP contribution in [0.1, 0.15) is 10.5 Å². The molecule has 0 saturated heterocycles. The van der Waals surface area contributed by atoms with E-state index in [4.69, 9.17) is 16.3 Å². The van der Waals surface area contributed by atoms with Gasteiger partial charge in [-0.1, -0.05) is 16.8 Å². The Morgan fingerprint density at radius 1 is 1.25 bits per heavy atom. The largest absolute Gasteiger partial charge is 0.494 e. The summed E-state index contributed by atoms with van der Waals surface area (Å²) in [4.78, 5) is 11.5. The second-order valence-electron chi connectivity index (χ2n) is 4.83. The molecule has 0 aliphatic carbocycles. The van der Waals surface area contributed by atoms with Crippen LogP contribution in [0.25, 0.3) is 16.9 Å². The van der Waals surface area contributed by atoms with Crippen LogP contribution in [0.4, 0.5) is 4.39 Å². The average molecular weight is 348 g/mol. The number of aromatic nitrogens is 3. The number of methoxy groups -OCH3 is 1. The predicted molar refractivity (Wildman–Crippen MR) is 85.3 cm³/mol. The highest BCUT2D eigenvalue weighted by Crippen LogP contribution is 2.31. The van der Waals surface area contributed by atoms with Crippen LogP contribution in [-0.4, -0.2) is 33.2 Å². The number of ether oxygens (including phenoxy) is 1. The van der Waals surface area contributed by atoms with Gasteiger partial charge in [0.1, 0.15) is 22.9 Å². The molecule has 0 aliphatic rings. The Labute approximate surface area is 141 Å². The minimum atomic E-state index is -1.25. The first-order valence-corrected chi connectivity index (χ1v) is 7.18. The molecule has 0 amide bonds. The minimum Gasteiger partial charge on any atom is -0.494 e. The van der Waals surface area contributed by atoms with Crippen molar-refractivity contribution >= 4 is 17.6 Å². The predicted octanol–water partition coefficient (Wildman–Crippen LogP) is 3.43. The standard InChI is InChI=1S/C16H11ClFN3O3/c1-24-13-7-4-10(17)8-12(13)21-15(14(16(22)23)19-20-21)9-2-5-11(18)6-3-9/h2-8H,1H3,(H,22,23). The van der Waals surface area contributed by atoms with Crippen molar-refractivity contribution in [2.24, 2.45) is 0 Å². The van der Waals surface area contributed by atoms with Gasteiger partial charge in [0.25, 0.3) is 0 Å². The molecule has 122 valence electrons. The van der Waals surface area contributed by atoms with E-state index < -0.39 is 11.8 Å². The molecule has 1 N–H and O–H groups in total. The summed E-state index contributed by atoms with van der Waals surface area (Å²) in [7, 11) is 1.47. The topological polar surface area (TPSA) is 77.2 Å². The Kier molecular flexibility index (Phi) is 4.18. The van der Waals surface area contributed by atoms with Gasteiger partial charge in [-0.05, 0) is 42.5 Å². The number of rotatable bonds is 4. The highest BCUT2D eigenvalue weighted by Gasteiger charge is 2.23. The average Bonchev–Trinajstić information content (AvgIpc) is 3.00. The molecule has 0 atom stereocenters. The Hall–Kier alpha value is -2.93. The quantitative estimate of drug-likeness (QED) is 0.782. The minimum absolute atomic E-state index is 0.197. The maximum atomic E-state index is 13.2. The third kappa shape index (κ3) is 2.81. The first kappa shape index (κ1) is 15.9. The van der Waals surface area contributed by atoms with Gasteiger partial charge in [0.15, 0.2) is 5.69 Å². The summed E-state index contributed by atoms with van der Waals surface area (Å²) < 4.78 is 19.8. The van der Waals surface area contributed by atoms with Gasteiger partial charge in [0, 0.05) is 10.6 Å². The monoisotopic (exact) mass is 347 g/mol. The maximum absolute atomic E-state index is 13.2. The van der Waals surface area contributed by atoms with Crippen molar-refractivity contribution in [2.45, 2.75) is 0 Å². The zero-order valence-electron chi connectivity index (χ0n) is 12.4. The van der Waals surface area contributed by atoms with Crippen LogP contribution in [0.5, 0.6) is 5.75 Å². The van der Waals surface area contributed by atoms with Crippen molar-refractivity contribution in [1.82, 2.24) is 15.0 Å². The van der Waals surface area contributed by atoms with E-state index in [9.17, 15) is 14.3 Å². The number of hydrogen-bond donors (Lipinski definition) is 1. The number of halogens is 2. The first-order valence-electron chi connectivity index (χ1n) is 6.80. The van der Waals surface area contributed by atoms with Gasteiger partial charge in [0.05, 0.1) is 7.11 Å². The third-order valence-electron chi connectivity index (χ3n) is 3.36. The molecule has 0 bridgehead atoms. The number of hydrogen-bond acceptors (Lipinski definition) is 4. The van der Waals surface area contributed by atoms with Gasteiger partial charge in [-0.2, -0.15) is 0 Å². The number of carboxylic acids is 1. The second kappa shape index (κ2) is 6.29. The molecule has 0 spiro atoms. The van der Waals surface area contributed by atoms with E-state index in [1.54, 1.807) is 18.2 Å². The Bertz CT molecular complexity index is 909. The molecule has 8 heteroatoms. The Morgan fingerprint density at radius 3 is 2.58 bits per heavy atom. The number of nitrogens with zero attached hydrogens (tertiary/aromatic N) is 3. The van der Waals surface area contributed by atoms with Crippen LogP contribution in [0.15, 0.2) is 42.5 Å². The van der Waals surface area contributed by atoms with Gasteiger partial charge in [-0.3, -0.25) is 0 Å². The summed E-state index contributed by atoms with van der Waals surface area (Å²) >= 11 is 6.03. The Balaban J connectivity index is 2.29. The summed E-state index contributed by atoms with van der Waals surface area (Å²) in [5, 5.41) is 17.4. The molecule has 3 rings (SSSR count). The van der Waals surface area contributed by atoms with E-state index in [1.165, 1.54) is 36.1 Å². The fourth-order valence-electron chi connectivity index (χ4n) is 2.29. The SMILES string of the molecule is COc1ccc(Cl)cc1-n1nnc(C(=O)O)c1-c1ccc(F)cc1. The van der Waals surface area contributed by atoms with Crippen LogP contribution >= 0.6 is 11.6 Å². The molecule has 0 saturated carbocycles. The summed E-state index contributed by atoms with van der Waals surface area (Å²) in [6, 6.07) is 10.2. The molecule has 0 fully saturated rings. The molecule has 0 aliphatic heterocycles. The zero-order chi connectivity index (χ0) is 17.3. The first-order chi connectivity index (χ1) is 11.5. The summed E-state index contributed by atoms with van der Waals surface area (Å²) in [5.41, 5.74) is 0.803. The lowest BCUT2D eigenvalue weighted by molar-refractivity contribution is 0.0691. The van der Waals surface area contributed by atoms with E-state index >= 15 is 0 Å². The molecule has 0 radical (unpaired) electrons. The number of benzene rings is 2. The van der Waals surface area contributed by atoms with E-state index in [-0.39, 0.29) is 11.4 Å². The zero-order valence-corrected chi connectivity index (χ0v) is 13.2. The molecule has 2 aromatic carbocycles. The molecular formula is C16H11ClFN3O3. The van der Waals surface area contributed by atoms with Crippen molar-refractivity contribution in [3.05, 3.63) is 59.0 Å². The third-order valence-corrected chi connectivity index (χ3v) is 3.59. The van der Waals surface area contributed by atoms with E-state index in [0.29, 0.717) is 22.0 Å². The fourth-order valence-corrected chi connectivity index (χ4v) is 2.46. The van der Waals surface area contributed by atoms with E-state index in [2.05, 4.69) is 10.3 Å². The lowest BCUT2D eigenvalue weighted by Gasteiger charge is -2.11. The van der Waals surface area contributed by atoms with Crippen molar-refractivity contribution in [3.8, 4) is 22.7 Å². The number of carboxylic acid groups (broad SMARTS) is 1. The highest BCUT2D eigenvalue weighted by atomic mass is 35.5. The van der Waals surface area contributed by atoms with E-state index in [1.807, 2.05) is 0 Å². The molecule has 1 aromatic heterocycles. The van der Waals surface area contributed by atoms with Crippen LogP contribution in [0.2, 0.25) is 5.02 Å². The normalized spacial score (nSPS) is 10.6. The summed E-state index contributed by atoms with van der Waals surface area (Å²) in [6.45, 7) is 0. The van der Waals surface area contributed by atoms with Gasteiger partial charge in [-0.25, -0.2) is 13.9 Å². The molecule has 1 heterocycles. The summed E-state index contributed by atoms with van der Waals surface area (Å²) in [5.74, 6) is -1.25. The number of carbonyl (C=O) groups is 1. The summed E-state index contributed by atoms with van der Waals surface area (Å²) in [6.07, 6.45) is 0. The smallest absolute Gasteiger partial charge is 0.358 e. The second-order valence-corrected chi connectivity index (χ2v) is 5.26. The van der Waals surface area contributed by atoms with Crippen molar-refractivity contribution in [2.75, 3.05) is 7.11 Å².